The van der Waals surface area contributed by atoms with Gasteiger partial charge in [-0.3, -0.25) is 4.79 Å². The maximum absolute atomic E-state index is 11.2. The van der Waals surface area contributed by atoms with Gasteiger partial charge in [-0.1, -0.05) is 16.7 Å². The van der Waals surface area contributed by atoms with Crippen LogP contribution in [0.25, 0.3) is 0 Å². The predicted molar refractivity (Wildman–Crippen MR) is 55.6 cm³/mol. The summed E-state index contributed by atoms with van der Waals surface area (Å²) in [6.45, 7) is 7.96. The molecule has 1 heteroatoms. The summed E-state index contributed by atoms with van der Waals surface area (Å²) in [6.07, 6.45) is 3.22. The van der Waals surface area contributed by atoms with Crippen LogP contribution in [0.5, 0.6) is 0 Å². The van der Waals surface area contributed by atoms with Gasteiger partial charge in [0, 0.05) is 0 Å². The number of allylic oxidation sites excluding steroid dienone is 4. The highest BCUT2D eigenvalue weighted by molar-refractivity contribution is 5.93. The molecular formula is C12H18O. The van der Waals surface area contributed by atoms with Crippen molar-refractivity contribution in [3.8, 4) is 0 Å². The highest BCUT2D eigenvalue weighted by Gasteiger charge is 2.13. The van der Waals surface area contributed by atoms with Gasteiger partial charge in [0.15, 0.2) is 5.78 Å². The van der Waals surface area contributed by atoms with Gasteiger partial charge in [0.2, 0.25) is 0 Å². The molecule has 13 heavy (non-hydrogen) atoms. The van der Waals surface area contributed by atoms with Gasteiger partial charge in [-0.05, 0) is 52.5 Å². The van der Waals surface area contributed by atoms with Crippen molar-refractivity contribution in [2.75, 3.05) is 0 Å². The first-order valence-electron chi connectivity index (χ1n) is 4.87. The fourth-order valence-corrected chi connectivity index (χ4v) is 1.68. The van der Waals surface area contributed by atoms with Gasteiger partial charge in [-0.25, -0.2) is 0 Å². The third kappa shape index (κ3) is 2.30. The first-order valence-corrected chi connectivity index (χ1v) is 4.87. The Morgan fingerprint density at radius 1 is 1.08 bits per heavy atom. The van der Waals surface area contributed by atoms with Gasteiger partial charge in [0.05, 0.1) is 0 Å². The lowest BCUT2D eigenvalue weighted by molar-refractivity contribution is -0.113. The monoisotopic (exact) mass is 178 g/mol. The van der Waals surface area contributed by atoms with E-state index in [-0.39, 0.29) is 5.78 Å². The molecule has 1 nitrogen and oxygen atoms in total. The lowest BCUT2D eigenvalue weighted by atomic mass is 9.86. The second-order valence-corrected chi connectivity index (χ2v) is 4.02. The number of carbonyl (C=O) groups is 1. The zero-order valence-electron chi connectivity index (χ0n) is 9.03. The van der Waals surface area contributed by atoms with Gasteiger partial charge < -0.3 is 0 Å². The molecule has 1 rings (SSSR count). The van der Waals surface area contributed by atoms with E-state index in [2.05, 4.69) is 13.8 Å². The molecule has 0 aromatic carbocycles. The lowest BCUT2D eigenvalue weighted by Crippen LogP contribution is -2.04. The van der Waals surface area contributed by atoms with Gasteiger partial charge in [-0.15, -0.1) is 0 Å². The summed E-state index contributed by atoms with van der Waals surface area (Å²) < 4.78 is 0. The molecule has 0 saturated carbocycles. The van der Waals surface area contributed by atoms with E-state index >= 15 is 0 Å². The van der Waals surface area contributed by atoms with Crippen LogP contribution in [0.4, 0.5) is 0 Å². The molecule has 0 amide bonds. The van der Waals surface area contributed by atoms with Crippen LogP contribution >= 0.6 is 0 Å². The summed E-state index contributed by atoms with van der Waals surface area (Å²) in [7, 11) is 0. The second-order valence-electron chi connectivity index (χ2n) is 4.02. The highest BCUT2D eigenvalue weighted by atomic mass is 16.1. The van der Waals surface area contributed by atoms with Gasteiger partial charge in [0.1, 0.15) is 0 Å². The minimum Gasteiger partial charge on any atom is -0.295 e. The molecule has 1 aliphatic carbocycles. The van der Waals surface area contributed by atoms with Crippen LogP contribution in [-0.2, 0) is 4.79 Å². The third-order valence-corrected chi connectivity index (χ3v) is 3.07. The molecule has 0 aromatic heterocycles. The molecular weight excluding hydrogens is 160 g/mol. The smallest absolute Gasteiger partial charge is 0.155 e. The van der Waals surface area contributed by atoms with Crippen LogP contribution in [0.2, 0.25) is 0 Å². The van der Waals surface area contributed by atoms with Crippen molar-refractivity contribution >= 4 is 5.78 Å². The fourth-order valence-electron chi connectivity index (χ4n) is 1.68. The van der Waals surface area contributed by atoms with Crippen LogP contribution in [0.1, 0.15) is 47.0 Å². The lowest BCUT2D eigenvalue weighted by Gasteiger charge is -2.19. The number of hydrogen-bond donors (Lipinski definition) is 0. The summed E-state index contributed by atoms with van der Waals surface area (Å²) in [5.41, 5.74) is 5.27. The van der Waals surface area contributed by atoms with Crippen LogP contribution in [0.3, 0.4) is 0 Å². The average molecular weight is 178 g/mol. The predicted octanol–water partition coefficient (Wildman–Crippen LogP) is 3.41. The van der Waals surface area contributed by atoms with Crippen LogP contribution in [-0.4, -0.2) is 5.78 Å². The minimum atomic E-state index is 0.224. The van der Waals surface area contributed by atoms with E-state index < -0.39 is 0 Å². The molecule has 0 unspecified atom stereocenters. The topological polar surface area (TPSA) is 17.1 Å². The molecule has 1 aliphatic rings. The van der Waals surface area contributed by atoms with E-state index in [1.165, 1.54) is 16.7 Å². The fraction of sp³-hybridized carbons (Fsp3) is 0.583. The summed E-state index contributed by atoms with van der Waals surface area (Å²) in [6, 6.07) is 0. The normalized spacial score (nSPS) is 21.8. The maximum atomic E-state index is 11.2. The van der Waals surface area contributed by atoms with E-state index in [1.807, 2.05) is 6.92 Å². The number of carbonyl (C=O) groups excluding carboxylic acids is 1. The van der Waals surface area contributed by atoms with E-state index in [4.69, 9.17) is 0 Å². The van der Waals surface area contributed by atoms with E-state index in [0.717, 1.165) is 24.8 Å². The first-order chi connectivity index (χ1) is 6.02. The Labute approximate surface area is 80.5 Å². The summed E-state index contributed by atoms with van der Waals surface area (Å²) >= 11 is 0. The van der Waals surface area contributed by atoms with E-state index in [0.29, 0.717) is 0 Å². The van der Waals surface area contributed by atoms with Crippen LogP contribution < -0.4 is 0 Å². The quantitative estimate of drug-likeness (QED) is 0.444. The number of hydrogen-bond acceptors (Lipinski definition) is 1. The van der Waals surface area contributed by atoms with Crippen LogP contribution in [0, 0.1) is 0 Å². The largest absolute Gasteiger partial charge is 0.295 e. The third-order valence-electron chi connectivity index (χ3n) is 3.07. The Morgan fingerprint density at radius 2 is 1.69 bits per heavy atom. The molecule has 0 atom stereocenters. The zero-order chi connectivity index (χ0) is 10.0. The molecule has 0 bridgehead atoms. The first kappa shape index (κ1) is 10.2. The molecule has 0 fully saturated rings. The zero-order valence-corrected chi connectivity index (χ0v) is 9.03. The SMILES string of the molecule is CC(=O)C(C)=C1CCC(C)=C(C)C1. The number of Topliss-reactive ketones (excluding diaryl/α,β-unsaturated/α-hetero) is 1. The Bertz CT molecular complexity index is 292. The Morgan fingerprint density at radius 3 is 2.15 bits per heavy atom. The van der Waals surface area contributed by atoms with Crippen LogP contribution in [0.15, 0.2) is 22.3 Å². The van der Waals surface area contributed by atoms with Crippen molar-refractivity contribution in [1.82, 2.24) is 0 Å². The number of ketones is 1. The molecule has 0 spiro atoms. The Kier molecular flexibility index (Phi) is 3.07. The van der Waals surface area contributed by atoms with Crippen molar-refractivity contribution in [1.29, 1.82) is 0 Å². The Balaban J connectivity index is 2.90. The van der Waals surface area contributed by atoms with E-state index in [1.54, 1.807) is 6.92 Å². The van der Waals surface area contributed by atoms with Crippen molar-refractivity contribution < 1.29 is 4.79 Å². The molecule has 0 saturated heterocycles. The minimum absolute atomic E-state index is 0.224. The molecule has 0 radical (unpaired) electrons. The highest BCUT2D eigenvalue weighted by Crippen LogP contribution is 2.30. The Hall–Kier alpha value is -0.850. The summed E-state index contributed by atoms with van der Waals surface area (Å²) in [5.74, 6) is 0.224. The standard InChI is InChI=1S/C12H18O/c1-8-5-6-12(7-9(8)2)10(3)11(4)13/h5-7H2,1-4H3. The van der Waals surface area contributed by atoms with Crippen molar-refractivity contribution in [2.45, 2.75) is 47.0 Å². The molecule has 0 aliphatic heterocycles. The molecule has 0 N–H and O–H groups in total. The molecule has 0 heterocycles. The second kappa shape index (κ2) is 3.91. The van der Waals surface area contributed by atoms with Crippen molar-refractivity contribution in [2.24, 2.45) is 0 Å². The van der Waals surface area contributed by atoms with Gasteiger partial charge in [0.25, 0.3) is 0 Å². The maximum Gasteiger partial charge on any atom is 0.155 e. The number of rotatable bonds is 1. The summed E-state index contributed by atoms with van der Waals surface area (Å²) in [5, 5.41) is 0. The van der Waals surface area contributed by atoms with Crippen molar-refractivity contribution in [3.05, 3.63) is 22.3 Å². The average Bonchev–Trinajstić information content (AvgIpc) is 2.08. The van der Waals surface area contributed by atoms with Crippen molar-refractivity contribution in [3.63, 3.8) is 0 Å². The molecule has 72 valence electrons. The van der Waals surface area contributed by atoms with Gasteiger partial charge in [-0.2, -0.15) is 0 Å². The van der Waals surface area contributed by atoms with Gasteiger partial charge >= 0.3 is 0 Å². The summed E-state index contributed by atoms with van der Waals surface area (Å²) in [4.78, 5) is 11.2. The molecule has 0 aromatic rings. The van der Waals surface area contributed by atoms with E-state index in [9.17, 15) is 4.79 Å².